The van der Waals surface area contributed by atoms with Gasteiger partial charge in [0, 0.05) is 10.6 Å². The summed E-state index contributed by atoms with van der Waals surface area (Å²) >= 11 is 5.74. The van der Waals surface area contributed by atoms with Crippen molar-refractivity contribution in [2.24, 2.45) is 5.73 Å². The molecule has 2 nitrogen and oxygen atoms in total. The second kappa shape index (κ2) is 4.44. The molecule has 13 heavy (non-hydrogen) atoms. The average molecular weight is 204 g/mol. The van der Waals surface area contributed by atoms with E-state index in [2.05, 4.69) is 0 Å². The Morgan fingerprint density at radius 2 is 2.31 bits per heavy atom. The molecule has 0 aromatic heterocycles. The first kappa shape index (κ1) is 10.3. The van der Waals surface area contributed by atoms with Crippen LogP contribution < -0.4 is 10.5 Å². The molecule has 2 N–H and O–H groups in total. The molecule has 0 bridgehead atoms. The number of methoxy groups -OCH3 is 1. The summed E-state index contributed by atoms with van der Waals surface area (Å²) in [4.78, 5) is 0. The Bertz CT molecular complexity index is 293. The number of benzene rings is 1. The molecule has 0 radical (unpaired) electrons. The van der Waals surface area contributed by atoms with Gasteiger partial charge in [0.2, 0.25) is 0 Å². The Labute approximate surface area is 81.4 Å². The molecule has 0 amide bonds. The summed E-state index contributed by atoms with van der Waals surface area (Å²) in [6.07, 6.45) is 0. The number of hydrogen-bond acceptors (Lipinski definition) is 2. The van der Waals surface area contributed by atoms with Crippen molar-refractivity contribution >= 4 is 11.6 Å². The van der Waals surface area contributed by atoms with Crippen LogP contribution in [-0.4, -0.2) is 13.8 Å². The zero-order chi connectivity index (χ0) is 9.84. The molecule has 0 aliphatic heterocycles. The third kappa shape index (κ3) is 2.32. The van der Waals surface area contributed by atoms with Crippen LogP contribution in [0.3, 0.4) is 0 Å². The molecule has 72 valence electrons. The van der Waals surface area contributed by atoms with E-state index < -0.39 is 12.7 Å². The van der Waals surface area contributed by atoms with Crippen molar-refractivity contribution in [3.8, 4) is 5.75 Å². The van der Waals surface area contributed by atoms with E-state index in [-0.39, 0.29) is 0 Å². The van der Waals surface area contributed by atoms with Gasteiger partial charge in [0.25, 0.3) is 0 Å². The number of halogens is 2. The number of nitrogens with two attached hydrogens (primary N) is 1. The molecule has 0 aliphatic rings. The van der Waals surface area contributed by atoms with Crippen LogP contribution in [0, 0.1) is 0 Å². The van der Waals surface area contributed by atoms with Gasteiger partial charge in [0.05, 0.1) is 13.2 Å². The van der Waals surface area contributed by atoms with E-state index >= 15 is 0 Å². The van der Waals surface area contributed by atoms with Gasteiger partial charge in [-0.15, -0.1) is 0 Å². The van der Waals surface area contributed by atoms with Crippen molar-refractivity contribution < 1.29 is 9.13 Å². The molecule has 1 atom stereocenters. The van der Waals surface area contributed by atoms with E-state index in [4.69, 9.17) is 22.1 Å². The van der Waals surface area contributed by atoms with Crippen LogP contribution in [-0.2, 0) is 0 Å². The molecular weight excluding hydrogens is 193 g/mol. The number of hydrogen-bond donors (Lipinski definition) is 1. The molecule has 0 saturated heterocycles. The topological polar surface area (TPSA) is 35.2 Å². The fraction of sp³-hybridized carbons (Fsp3) is 0.333. The van der Waals surface area contributed by atoms with Crippen LogP contribution in [0.15, 0.2) is 18.2 Å². The van der Waals surface area contributed by atoms with Crippen molar-refractivity contribution in [2.75, 3.05) is 13.8 Å². The van der Waals surface area contributed by atoms with Crippen molar-refractivity contribution in [3.63, 3.8) is 0 Å². The summed E-state index contributed by atoms with van der Waals surface area (Å²) in [6.45, 7) is -0.628. The third-order valence-electron chi connectivity index (χ3n) is 1.76. The average Bonchev–Trinajstić information content (AvgIpc) is 2.16. The number of ether oxygens (including phenoxy) is 1. The zero-order valence-electron chi connectivity index (χ0n) is 7.26. The van der Waals surface area contributed by atoms with Crippen molar-refractivity contribution in [3.05, 3.63) is 28.8 Å². The molecule has 1 unspecified atom stereocenters. The van der Waals surface area contributed by atoms with E-state index in [1.165, 1.54) is 7.11 Å². The van der Waals surface area contributed by atoms with E-state index in [0.717, 1.165) is 0 Å². The monoisotopic (exact) mass is 203 g/mol. The Morgan fingerprint density at radius 1 is 1.62 bits per heavy atom. The lowest BCUT2D eigenvalue weighted by atomic mass is 10.1. The van der Waals surface area contributed by atoms with Gasteiger partial charge >= 0.3 is 0 Å². The first-order valence-corrected chi connectivity index (χ1v) is 4.21. The van der Waals surface area contributed by atoms with Gasteiger partial charge in [0.1, 0.15) is 12.4 Å². The maximum atomic E-state index is 12.3. The van der Waals surface area contributed by atoms with Gasteiger partial charge in [-0.05, 0) is 18.2 Å². The van der Waals surface area contributed by atoms with Crippen molar-refractivity contribution in [2.45, 2.75) is 6.04 Å². The Morgan fingerprint density at radius 3 is 2.85 bits per heavy atom. The van der Waals surface area contributed by atoms with E-state index in [9.17, 15) is 4.39 Å². The predicted molar refractivity (Wildman–Crippen MR) is 50.9 cm³/mol. The lowest BCUT2D eigenvalue weighted by Gasteiger charge is -2.12. The highest BCUT2D eigenvalue weighted by Gasteiger charge is 2.11. The molecule has 0 saturated carbocycles. The maximum Gasteiger partial charge on any atom is 0.123 e. The van der Waals surface area contributed by atoms with Gasteiger partial charge in [0.15, 0.2) is 0 Å². The van der Waals surface area contributed by atoms with Crippen molar-refractivity contribution in [1.82, 2.24) is 0 Å². The Balaban J connectivity index is 3.07. The third-order valence-corrected chi connectivity index (χ3v) is 1.99. The van der Waals surface area contributed by atoms with Crippen molar-refractivity contribution in [1.29, 1.82) is 0 Å². The van der Waals surface area contributed by atoms with E-state index in [1.807, 2.05) is 0 Å². The van der Waals surface area contributed by atoms with Gasteiger partial charge in [-0.1, -0.05) is 11.6 Å². The van der Waals surface area contributed by atoms with Gasteiger partial charge < -0.3 is 10.5 Å². The highest BCUT2D eigenvalue weighted by Crippen LogP contribution is 2.27. The smallest absolute Gasteiger partial charge is 0.123 e. The summed E-state index contributed by atoms with van der Waals surface area (Å²) in [5.74, 6) is 0.564. The first-order chi connectivity index (χ1) is 6.19. The number of rotatable bonds is 3. The van der Waals surface area contributed by atoms with Gasteiger partial charge in [-0.2, -0.15) is 0 Å². The molecule has 4 heteroatoms. The Hall–Kier alpha value is -0.800. The van der Waals surface area contributed by atoms with Crippen LogP contribution in [0.25, 0.3) is 0 Å². The summed E-state index contributed by atoms with van der Waals surface area (Å²) in [7, 11) is 1.51. The van der Waals surface area contributed by atoms with Gasteiger partial charge in [-0.25, -0.2) is 4.39 Å². The predicted octanol–water partition coefficient (Wildman–Crippen LogP) is 2.32. The summed E-state index contributed by atoms with van der Waals surface area (Å²) in [5, 5.41) is 0.528. The molecule has 1 aromatic rings. The van der Waals surface area contributed by atoms with Crippen LogP contribution in [0.1, 0.15) is 11.6 Å². The second-order valence-electron chi connectivity index (χ2n) is 2.65. The van der Waals surface area contributed by atoms with E-state index in [1.54, 1.807) is 18.2 Å². The standard InChI is InChI=1S/C9H11ClFNO/c1-13-9-3-2-6(10)4-7(9)8(12)5-11/h2-4,8H,5,12H2,1H3. The van der Waals surface area contributed by atoms with Crippen LogP contribution >= 0.6 is 11.6 Å². The Kier molecular flexibility index (Phi) is 3.51. The molecule has 0 aliphatic carbocycles. The summed E-state index contributed by atoms with van der Waals surface area (Å²) in [5.41, 5.74) is 6.12. The lowest BCUT2D eigenvalue weighted by Crippen LogP contribution is -2.13. The van der Waals surface area contributed by atoms with E-state index in [0.29, 0.717) is 16.3 Å². The first-order valence-electron chi connectivity index (χ1n) is 3.84. The molecular formula is C9H11ClFNO. The largest absolute Gasteiger partial charge is 0.496 e. The normalized spacial score (nSPS) is 12.6. The highest BCUT2D eigenvalue weighted by molar-refractivity contribution is 6.30. The van der Waals surface area contributed by atoms with Crippen LogP contribution in [0.4, 0.5) is 4.39 Å². The highest BCUT2D eigenvalue weighted by atomic mass is 35.5. The summed E-state index contributed by atoms with van der Waals surface area (Å²) < 4.78 is 17.3. The van der Waals surface area contributed by atoms with Crippen LogP contribution in [0.2, 0.25) is 5.02 Å². The summed E-state index contributed by atoms with van der Waals surface area (Å²) in [6, 6.07) is 4.29. The van der Waals surface area contributed by atoms with Gasteiger partial charge in [-0.3, -0.25) is 0 Å². The fourth-order valence-electron chi connectivity index (χ4n) is 1.08. The number of alkyl halides is 1. The van der Waals surface area contributed by atoms with Crippen LogP contribution in [0.5, 0.6) is 5.75 Å². The molecule has 1 rings (SSSR count). The minimum Gasteiger partial charge on any atom is -0.496 e. The quantitative estimate of drug-likeness (QED) is 0.819. The molecule has 0 fully saturated rings. The second-order valence-corrected chi connectivity index (χ2v) is 3.08. The minimum absolute atomic E-state index is 0.528. The maximum absolute atomic E-state index is 12.3. The minimum atomic E-state index is -0.673. The molecule has 0 spiro atoms. The molecule has 0 heterocycles. The fourth-order valence-corrected chi connectivity index (χ4v) is 1.26. The lowest BCUT2D eigenvalue weighted by molar-refractivity contribution is 0.389. The molecule has 1 aromatic carbocycles. The zero-order valence-corrected chi connectivity index (χ0v) is 8.01. The SMILES string of the molecule is COc1ccc(Cl)cc1C(N)CF.